The van der Waals surface area contributed by atoms with Crippen molar-refractivity contribution in [3.8, 4) is 5.69 Å². The normalized spacial score (nSPS) is 10.4. The second-order valence-corrected chi connectivity index (χ2v) is 5.91. The topological polar surface area (TPSA) is 64.4 Å². The molecule has 7 heteroatoms. The van der Waals surface area contributed by atoms with Gasteiger partial charge in [-0.05, 0) is 36.4 Å². The third-order valence-corrected chi connectivity index (χ3v) is 3.99. The van der Waals surface area contributed by atoms with Crippen LogP contribution < -0.4 is 0 Å². The lowest BCUT2D eigenvalue weighted by atomic mass is 10.2. The van der Waals surface area contributed by atoms with Gasteiger partial charge in [0.05, 0.1) is 11.3 Å². The molecule has 1 amide bonds. The molecule has 0 saturated heterocycles. The van der Waals surface area contributed by atoms with Crippen LogP contribution in [0.4, 0.5) is 4.39 Å². The zero-order valence-corrected chi connectivity index (χ0v) is 14.7. The first kappa shape index (κ1) is 18.3. The lowest BCUT2D eigenvalue weighted by Crippen LogP contribution is -2.31. The van der Waals surface area contributed by atoms with Crippen LogP contribution in [-0.4, -0.2) is 40.2 Å². The third kappa shape index (κ3) is 4.58. The number of nitrogens with zero attached hydrogens (tertiary/aromatic N) is 3. The highest BCUT2D eigenvalue weighted by Crippen LogP contribution is 2.11. The summed E-state index contributed by atoms with van der Waals surface area (Å²) in [5, 5.41) is 4.10. The van der Waals surface area contributed by atoms with E-state index in [1.807, 2.05) is 0 Å². The van der Waals surface area contributed by atoms with E-state index in [0.717, 1.165) is 5.69 Å². The van der Waals surface area contributed by atoms with Crippen molar-refractivity contribution in [2.45, 2.75) is 6.54 Å². The van der Waals surface area contributed by atoms with Crippen LogP contribution in [-0.2, 0) is 16.1 Å². The van der Waals surface area contributed by atoms with Crippen LogP contribution in [0.2, 0.25) is 0 Å². The first-order valence-corrected chi connectivity index (χ1v) is 8.29. The number of halogens is 1. The van der Waals surface area contributed by atoms with Crippen molar-refractivity contribution in [1.82, 2.24) is 14.7 Å². The van der Waals surface area contributed by atoms with Gasteiger partial charge in [0.25, 0.3) is 5.91 Å². The molecule has 3 aromatic rings. The van der Waals surface area contributed by atoms with Gasteiger partial charge in [0.15, 0.2) is 6.61 Å². The number of carbonyl (C=O) groups is 2. The molecule has 27 heavy (non-hydrogen) atoms. The second-order valence-electron chi connectivity index (χ2n) is 5.91. The predicted molar refractivity (Wildman–Crippen MR) is 96.7 cm³/mol. The van der Waals surface area contributed by atoms with E-state index in [9.17, 15) is 14.0 Å². The van der Waals surface area contributed by atoms with Crippen LogP contribution in [0.25, 0.3) is 5.69 Å². The number of hydrogen-bond acceptors (Lipinski definition) is 4. The van der Waals surface area contributed by atoms with Gasteiger partial charge in [-0.1, -0.05) is 18.2 Å². The molecule has 6 nitrogen and oxygen atoms in total. The minimum Gasteiger partial charge on any atom is -0.452 e. The summed E-state index contributed by atoms with van der Waals surface area (Å²) in [6, 6.07) is 14.7. The highest BCUT2D eigenvalue weighted by Gasteiger charge is 2.15. The summed E-state index contributed by atoms with van der Waals surface area (Å²) >= 11 is 0. The lowest BCUT2D eigenvalue weighted by Gasteiger charge is -2.17. The molecule has 1 aromatic heterocycles. The maximum atomic E-state index is 13.7. The molecule has 0 bridgehead atoms. The van der Waals surface area contributed by atoms with Crippen molar-refractivity contribution < 1.29 is 18.7 Å². The van der Waals surface area contributed by atoms with E-state index in [0.29, 0.717) is 11.1 Å². The van der Waals surface area contributed by atoms with E-state index in [-0.39, 0.29) is 12.4 Å². The first-order chi connectivity index (χ1) is 13.0. The van der Waals surface area contributed by atoms with Gasteiger partial charge in [-0.25, -0.2) is 13.9 Å². The summed E-state index contributed by atoms with van der Waals surface area (Å²) in [6.45, 7) is -0.313. The van der Waals surface area contributed by atoms with Crippen LogP contribution in [0.3, 0.4) is 0 Å². The number of amides is 1. The molecule has 0 aliphatic heterocycles. The van der Waals surface area contributed by atoms with Crippen molar-refractivity contribution in [2.24, 2.45) is 0 Å². The maximum absolute atomic E-state index is 13.7. The number of carbonyl (C=O) groups excluding carboxylic acids is 2. The van der Waals surface area contributed by atoms with Crippen molar-refractivity contribution >= 4 is 11.9 Å². The minimum atomic E-state index is -0.602. The molecular weight excluding hydrogens is 349 g/mol. The van der Waals surface area contributed by atoms with Gasteiger partial charge in [0.2, 0.25) is 0 Å². The summed E-state index contributed by atoms with van der Waals surface area (Å²) in [6.07, 6.45) is 3.45. The molecule has 0 spiro atoms. The summed E-state index contributed by atoms with van der Waals surface area (Å²) in [5.74, 6) is -1.40. The van der Waals surface area contributed by atoms with Gasteiger partial charge >= 0.3 is 5.97 Å². The molecule has 3 rings (SSSR count). The highest BCUT2D eigenvalue weighted by molar-refractivity contribution is 5.91. The summed E-state index contributed by atoms with van der Waals surface area (Å²) in [7, 11) is 1.53. The summed E-state index contributed by atoms with van der Waals surface area (Å²) < 4.78 is 20.4. The van der Waals surface area contributed by atoms with E-state index in [4.69, 9.17) is 4.74 Å². The highest BCUT2D eigenvalue weighted by atomic mass is 19.1. The fraction of sp³-hybridized carbons (Fsp3) is 0.150. The van der Waals surface area contributed by atoms with Crippen LogP contribution in [0.5, 0.6) is 0 Å². The van der Waals surface area contributed by atoms with E-state index >= 15 is 0 Å². The van der Waals surface area contributed by atoms with Crippen molar-refractivity contribution in [3.05, 3.63) is 83.9 Å². The summed E-state index contributed by atoms with van der Waals surface area (Å²) in [4.78, 5) is 25.5. The number of esters is 1. The Morgan fingerprint density at radius 3 is 2.52 bits per heavy atom. The van der Waals surface area contributed by atoms with Gasteiger partial charge in [0, 0.05) is 31.5 Å². The van der Waals surface area contributed by atoms with Gasteiger partial charge < -0.3 is 9.64 Å². The number of aromatic nitrogens is 2. The molecule has 138 valence electrons. The Balaban J connectivity index is 1.53. The van der Waals surface area contributed by atoms with Crippen LogP contribution in [0.15, 0.2) is 67.0 Å². The smallest absolute Gasteiger partial charge is 0.338 e. The number of likely N-dealkylation sites (N-methyl/N-ethyl adjacent to an activating group) is 1. The van der Waals surface area contributed by atoms with Gasteiger partial charge in [0.1, 0.15) is 5.82 Å². The van der Waals surface area contributed by atoms with Crippen molar-refractivity contribution in [1.29, 1.82) is 0 Å². The molecule has 0 atom stereocenters. The molecule has 0 N–H and O–H groups in total. The van der Waals surface area contributed by atoms with E-state index in [2.05, 4.69) is 5.10 Å². The van der Waals surface area contributed by atoms with Crippen LogP contribution >= 0.6 is 0 Å². The largest absolute Gasteiger partial charge is 0.452 e. The Morgan fingerprint density at radius 1 is 1.11 bits per heavy atom. The average Bonchev–Trinajstić information content (AvgIpc) is 3.22. The molecule has 0 unspecified atom stereocenters. The van der Waals surface area contributed by atoms with Crippen LogP contribution in [0.1, 0.15) is 15.9 Å². The van der Waals surface area contributed by atoms with E-state index < -0.39 is 18.5 Å². The standard InChI is InChI=1S/C20H18FN3O3/c1-23(13-16-5-2-3-6-18(16)21)19(25)14-27-20(26)15-7-9-17(10-8-15)24-12-4-11-22-24/h2-12H,13-14H2,1H3. The quantitative estimate of drug-likeness (QED) is 0.629. The maximum Gasteiger partial charge on any atom is 0.338 e. The monoisotopic (exact) mass is 367 g/mol. The Bertz CT molecular complexity index is 924. The molecule has 0 aliphatic carbocycles. The average molecular weight is 367 g/mol. The Kier molecular flexibility index (Phi) is 5.61. The summed E-state index contributed by atoms with van der Waals surface area (Å²) in [5.41, 5.74) is 1.53. The van der Waals surface area contributed by atoms with Gasteiger partial charge in [-0.2, -0.15) is 5.10 Å². The van der Waals surface area contributed by atoms with Gasteiger partial charge in [-0.3, -0.25) is 4.79 Å². The number of benzene rings is 2. The Labute approximate surface area is 155 Å². The predicted octanol–water partition coefficient (Wildman–Crippen LogP) is 2.83. The molecule has 2 aromatic carbocycles. The third-order valence-electron chi connectivity index (χ3n) is 3.99. The van der Waals surface area contributed by atoms with Crippen molar-refractivity contribution in [3.63, 3.8) is 0 Å². The molecule has 0 fully saturated rings. The first-order valence-electron chi connectivity index (χ1n) is 8.29. The molecular formula is C20H18FN3O3. The number of hydrogen-bond donors (Lipinski definition) is 0. The SMILES string of the molecule is CN(Cc1ccccc1F)C(=O)COC(=O)c1ccc(-n2cccn2)cc1. The van der Waals surface area contributed by atoms with E-state index in [1.165, 1.54) is 18.0 Å². The fourth-order valence-corrected chi connectivity index (χ4v) is 2.46. The second kappa shape index (κ2) is 8.27. The Morgan fingerprint density at radius 2 is 1.85 bits per heavy atom. The van der Waals surface area contributed by atoms with Crippen LogP contribution in [0, 0.1) is 5.82 Å². The molecule has 0 aliphatic rings. The zero-order chi connectivity index (χ0) is 19.2. The zero-order valence-electron chi connectivity index (χ0n) is 14.7. The van der Waals surface area contributed by atoms with Gasteiger partial charge in [-0.15, -0.1) is 0 Å². The fourth-order valence-electron chi connectivity index (χ4n) is 2.46. The van der Waals surface area contributed by atoms with Crippen molar-refractivity contribution in [2.75, 3.05) is 13.7 Å². The lowest BCUT2D eigenvalue weighted by molar-refractivity contribution is -0.133. The minimum absolute atomic E-state index is 0.0988. The molecule has 0 saturated carbocycles. The number of ether oxygens (including phenoxy) is 1. The molecule has 0 radical (unpaired) electrons. The van der Waals surface area contributed by atoms with E-state index in [1.54, 1.807) is 65.6 Å². The Hall–Kier alpha value is -3.48. The number of rotatable bonds is 6. The molecule has 1 heterocycles.